The normalized spacial score (nSPS) is 30.0. The molecular formula is C59H73N3O5. The summed E-state index contributed by atoms with van der Waals surface area (Å²) in [7, 11) is 1.80. The number of ketones is 1. The summed E-state index contributed by atoms with van der Waals surface area (Å²) in [6, 6.07) is 15.2. The minimum atomic E-state index is -0.309. The van der Waals surface area contributed by atoms with E-state index in [1.165, 1.54) is 28.7 Å². The van der Waals surface area contributed by atoms with E-state index in [0.717, 1.165) is 124 Å². The summed E-state index contributed by atoms with van der Waals surface area (Å²) in [5.74, 6) is 9.71. The molecule has 3 aromatic rings. The number of phenols is 2. The molecule has 8 bridgehead atoms. The van der Waals surface area contributed by atoms with Gasteiger partial charge in [-0.3, -0.25) is 4.79 Å². The number of aryl methyl sites for hydroxylation is 2. The number of phenolic OH excluding ortho intramolecular Hbond substituents is 2. The molecule has 0 aromatic heterocycles. The number of hydrogen-bond acceptors (Lipinski definition) is 8. The number of ether oxygens (including phenoxy) is 2. The summed E-state index contributed by atoms with van der Waals surface area (Å²) in [4.78, 5) is 18.9. The Hall–Kier alpha value is -5.00. The van der Waals surface area contributed by atoms with Crippen LogP contribution in [0.15, 0.2) is 71.3 Å². The second-order valence-electron chi connectivity index (χ2n) is 21.7. The summed E-state index contributed by atoms with van der Waals surface area (Å²) >= 11 is 0. The molecule has 67 heavy (non-hydrogen) atoms. The lowest BCUT2D eigenvalue weighted by atomic mass is 9.55. The highest BCUT2D eigenvalue weighted by atomic mass is 16.5. The summed E-state index contributed by atoms with van der Waals surface area (Å²) < 4.78 is 13.1. The van der Waals surface area contributed by atoms with Gasteiger partial charge in [0.25, 0.3) is 0 Å². The number of nitrogens with one attached hydrogen (secondary N) is 1. The molecule has 6 aliphatic carbocycles. The Kier molecular flexibility index (Phi) is 13.3. The van der Waals surface area contributed by atoms with Crippen molar-refractivity contribution in [3.05, 3.63) is 111 Å². The first kappa shape index (κ1) is 45.8. The van der Waals surface area contributed by atoms with Crippen molar-refractivity contribution in [1.82, 2.24) is 5.32 Å². The van der Waals surface area contributed by atoms with Crippen LogP contribution >= 0.6 is 0 Å². The number of guanidine groups is 1. The number of benzene rings is 3. The number of rotatable bonds is 10. The van der Waals surface area contributed by atoms with Crippen molar-refractivity contribution in [3.8, 4) is 29.1 Å². The highest BCUT2D eigenvalue weighted by molar-refractivity contribution is 5.89. The largest absolute Gasteiger partial charge is 0.508 e. The zero-order valence-electron chi connectivity index (χ0n) is 40.3. The van der Waals surface area contributed by atoms with E-state index in [2.05, 4.69) is 61.3 Å². The van der Waals surface area contributed by atoms with Crippen LogP contribution in [0.3, 0.4) is 0 Å². The van der Waals surface area contributed by atoms with Gasteiger partial charge in [-0.05, 0) is 177 Å². The van der Waals surface area contributed by atoms with Gasteiger partial charge in [-0.1, -0.05) is 86.9 Å². The molecule has 1 heterocycles. The summed E-state index contributed by atoms with van der Waals surface area (Å²) in [6.45, 7) is 4.98. The third-order valence-electron chi connectivity index (χ3n) is 17.1. The molecule has 8 nitrogen and oxygen atoms in total. The molecule has 0 unspecified atom stereocenters. The fraction of sp³-hybridized carbons (Fsp3) is 0.559. The van der Waals surface area contributed by atoms with Crippen molar-refractivity contribution in [2.24, 2.45) is 40.3 Å². The number of aliphatic imine (C=N–C) groups is 1. The molecule has 0 amide bonds. The number of hydrogen-bond donors (Lipinski definition) is 4. The van der Waals surface area contributed by atoms with Crippen molar-refractivity contribution >= 4 is 11.7 Å². The maximum Gasteiger partial charge on any atom is 0.189 e. The molecule has 7 aliphatic rings. The number of carbonyl (C=O) groups is 1. The molecule has 0 saturated heterocycles. The molecule has 1 aliphatic heterocycles. The van der Waals surface area contributed by atoms with Crippen LogP contribution < -0.4 is 15.8 Å². The standard InChI is InChI=1S/C59H73N3O5/c1-4-5-6-14-45(63)23-21-40-34-54(67-47-15-7-8-16-47)57(65)56-48(40)17-11-13-44-31-42-33-50-49(25-36(2)26-51(50)55(56)52(42)35-66-3)41-28-38(29-46(64)32-41)27-37-18-19-39-20-22-43-12-9-10-24-59(43,53(39)30-37)62-58(60)61-44/h6,14,18-19,28-30,32-34,36,42-44,47,49,51-52,55,64-65H,4-5,7-10,12-13,15-16,20-27,31,35H2,1-3H3,(H3,60,61,62)/b14-6+/t36-,42+,43-,44+,49+,51+,52+,55+,59-/m1/s1. The van der Waals surface area contributed by atoms with Crippen LogP contribution in [0.1, 0.15) is 173 Å². The Labute approximate surface area is 399 Å². The predicted molar refractivity (Wildman–Crippen MR) is 267 cm³/mol. The van der Waals surface area contributed by atoms with E-state index in [-0.39, 0.29) is 58.8 Å². The predicted octanol–water partition coefficient (Wildman–Crippen LogP) is 11.4. The van der Waals surface area contributed by atoms with Gasteiger partial charge >= 0.3 is 0 Å². The van der Waals surface area contributed by atoms with Crippen molar-refractivity contribution in [2.45, 2.75) is 165 Å². The quantitative estimate of drug-likeness (QED) is 0.0907. The van der Waals surface area contributed by atoms with Gasteiger partial charge < -0.3 is 30.7 Å². The smallest absolute Gasteiger partial charge is 0.189 e. The second-order valence-corrected chi connectivity index (χ2v) is 21.7. The summed E-state index contributed by atoms with van der Waals surface area (Å²) in [5, 5.41) is 28.5. The lowest BCUT2D eigenvalue weighted by Gasteiger charge is -2.50. The number of allylic oxidation sites excluding steroid dienone is 4. The SMILES string of the molecule is CCC/C=C/C(=O)CCc1cc(OC2CCCC2)c(O)c2c1C#CC[C@H]1C[C@H]3C=C4[C@@H](C[C@@H](C)C[C@@H]4[C@H]2[C@H]3COC)c2cc(O)cc(c2)Cc2ccc3c(c2)[C@]2(CCCC[C@@H]2CC3)NC(N)=N1. The van der Waals surface area contributed by atoms with Crippen LogP contribution in [0.25, 0.3) is 0 Å². The Bertz CT molecular complexity index is 2500. The van der Waals surface area contributed by atoms with Crippen molar-refractivity contribution in [2.75, 3.05) is 13.7 Å². The van der Waals surface area contributed by atoms with Gasteiger partial charge in [-0.25, -0.2) is 4.99 Å². The van der Waals surface area contributed by atoms with E-state index in [4.69, 9.17) is 20.2 Å². The Morgan fingerprint density at radius 2 is 1.87 bits per heavy atom. The third kappa shape index (κ3) is 9.19. The van der Waals surface area contributed by atoms with E-state index in [9.17, 15) is 15.0 Å². The molecule has 0 radical (unpaired) electrons. The average Bonchev–Trinajstić information content (AvgIpc) is 3.82. The third-order valence-corrected chi connectivity index (χ3v) is 17.1. The Morgan fingerprint density at radius 1 is 1.01 bits per heavy atom. The first-order valence-corrected chi connectivity index (χ1v) is 26.1. The van der Waals surface area contributed by atoms with E-state index in [0.29, 0.717) is 55.2 Å². The number of fused-ring (bicyclic) bond motifs is 9. The highest BCUT2D eigenvalue weighted by Gasteiger charge is 2.50. The lowest BCUT2D eigenvalue weighted by Crippen LogP contribution is -2.57. The van der Waals surface area contributed by atoms with Crippen molar-refractivity contribution < 1.29 is 24.5 Å². The molecule has 9 atom stereocenters. The van der Waals surface area contributed by atoms with Crippen molar-refractivity contribution in [1.29, 1.82) is 0 Å². The number of unbranched alkanes of at least 4 members (excludes halogenated alkanes) is 1. The zero-order valence-corrected chi connectivity index (χ0v) is 40.3. The van der Waals surface area contributed by atoms with Gasteiger partial charge in [-0.15, -0.1) is 0 Å². The van der Waals surface area contributed by atoms with E-state index < -0.39 is 0 Å². The molecule has 5 N–H and O–H groups in total. The van der Waals surface area contributed by atoms with Gasteiger partial charge in [0.05, 0.1) is 24.3 Å². The maximum absolute atomic E-state index is 13.4. The molecule has 10 rings (SSSR count). The van der Waals surface area contributed by atoms with E-state index in [1.54, 1.807) is 13.2 Å². The van der Waals surface area contributed by atoms with Crippen LogP contribution in [0.5, 0.6) is 17.2 Å². The molecule has 3 fully saturated rings. The van der Waals surface area contributed by atoms with Crippen LogP contribution in [-0.4, -0.2) is 47.8 Å². The fourth-order valence-corrected chi connectivity index (χ4v) is 14.2. The number of aromatic hydroxyl groups is 2. The summed E-state index contributed by atoms with van der Waals surface area (Å²) in [5.41, 5.74) is 17.2. The summed E-state index contributed by atoms with van der Waals surface area (Å²) in [6.07, 6.45) is 23.7. The van der Waals surface area contributed by atoms with Gasteiger partial charge in [-0.2, -0.15) is 0 Å². The Morgan fingerprint density at radius 3 is 2.70 bits per heavy atom. The minimum Gasteiger partial charge on any atom is -0.508 e. The van der Waals surface area contributed by atoms with Crippen LogP contribution in [0.4, 0.5) is 0 Å². The second kappa shape index (κ2) is 19.5. The molecular weight excluding hydrogens is 831 g/mol. The first-order valence-electron chi connectivity index (χ1n) is 26.1. The highest BCUT2D eigenvalue weighted by Crippen LogP contribution is 2.60. The molecule has 354 valence electrons. The van der Waals surface area contributed by atoms with Gasteiger partial charge in [0.1, 0.15) is 5.75 Å². The van der Waals surface area contributed by atoms with E-state index in [1.807, 2.05) is 24.3 Å². The van der Waals surface area contributed by atoms with Crippen LogP contribution in [0.2, 0.25) is 0 Å². The van der Waals surface area contributed by atoms with E-state index >= 15 is 0 Å². The topological polar surface area (TPSA) is 126 Å². The van der Waals surface area contributed by atoms with Gasteiger partial charge in [0.2, 0.25) is 0 Å². The van der Waals surface area contributed by atoms with Gasteiger partial charge in [0, 0.05) is 42.9 Å². The zero-order chi connectivity index (χ0) is 46.2. The maximum atomic E-state index is 13.4. The first-order chi connectivity index (χ1) is 32.6. The van der Waals surface area contributed by atoms with Gasteiger partial charge in [0.15, 0.2) is 23.2 Å². The minimum absolute atomic E-state index is 0.0140. The van der Waals surface area contributed by atoms with Crippen LogP contribution in [0, 0.1) is 41.4 Å². The molecule has 3 aromatic carbocycles. The number of methoxy groups -OCH3 is 1. The monoisotopic (exact) mass is 904 g/mol. The number of carbonyl (C=O) groups excluding carboxylic acids is 1. The average molecular weight is 904 g/mol. The fourth-order valence-electron chi connectivity index (χ4n) is 14.2. The van der Waals surface area contributed by atoms with Crippen LogP contribution in [-0.2, 0) is 34.3 Å². The number of nitrogens with zero attached hydrogens (tertiary/aromatic N) is 1. The van der Waals surface area contributed by atoms with Crippen molar-refractivity contribution in [3.63, 3.8) is 0 Å². The number of nitrogens with two attached hydrogens (primary N) is 1. The molecule has 3 saturated carbocycles. The molecule has 8 heteroatoms. The lowest BCUT2D eigenvalue weighted by molar-refractivity contribution is -0.114. The molecule has 1 spiro atoms. The Balaban J connectivity index is 1.19.